The van der Waals surface area contributed by atoms with E-state index in [-0.39, 0.29) is 11.3 Å². The van der Waals surface area contributed by atoms with Crippen LogP contribution in [0.5, 0.6) is 0 Å². The van der Waals surface area contributed by atoms with Gasteiger partial charge in [0.05, 0.1) is 6.61 Å². The van der Waals surface area contributed by atoms with Gasteiger partial charge in [-0.05, 0) is 13.8 Å². The van der Waals surface area contributed by atoms with Gasteiger partial charge in [0.25, 0.3) is 0 Å². The largest absolute Gasteiger partial charge is 0.875 e. The van der Waals surface area contributed by atoms with Crippen LogP contribution in [0.4, 0.5) is 0 Å². The highest BCUT2D eigenvalue weighted by Crippen LogP contribution is 1.98. The molecule has 0 rings (SSSR count). The van der Waals surface area contributed by atoms with Crippen LogP contribution in [0.15, 0.2) is 11.3 Å². The molecular weight excluding hydrogens is 132 g/mol. The van der Waals surface area contributed by atoms with Crippen LogP contribution in [0.2, 0.25) is 0 Å². The first-order valence-electron chi connectivity index (χ1n) is 3.11. The normalized spacial score (nSPS) is 12.3. The van der Waals surface area contributed by atoms with Gasteiger partial charge in [0.15, 0.2) is 0 Å². The van der Waals surface area contributed by atoms with Gasteiger partial charge in [-0.15, -0.1) is 5.76 Å². The van der Waals surface area contributed by atoms with Crippen molar-refractivity contribution < 1.29 is 14.6 Å². The summed E-state index contributed by atoms with van der Waals surface area (Å²) in [5, 5.41) is 10.5. The topological polar surface area (TPSA) is 49.4 Å². The molecule has 0 N–H and O–H groups in total. The van der Waals surface area contributed by atoms with Crippen LogP contribution in [-0.4, -0.2) is 12.6 Å². The Hall–Kier alpha value is -0.990. The molecule has 0 saturated carbocycles. The predicted octanol–water partition coefficient (Wildman–Crippen LogP) is 0.204. The molecule has 0 unspecified atom stereocenters. The van der Waals surface area contributed by atoms with Crippen LogP contribution in [0.1, 0.15) is 20.8 Å². The Morgan fingerprint density at radius 3 is 2.30 bits per heavy atom. The molecule has 0 spiro atoms. The van der Waals surface area contributed by atoms with Crippen molar-refractivity contribution in [2.75, 3.05) is 6.61 Å². The third-order valence-electron chi connectivity index (χ3n) is 1.11. The van der Waals surface area contributed by atoms with Crippen molar-refractivity contribution in [3.63, 3.8) is 0 Å². The summed E-state index contributed by atoms with van der Waals surface area (Å²) in [5.74, 6) is -0.756. The Morgan fingerprint density at radius 2 is 2.00 bits per heavy atom. The highest BCUT2D eigenvalue weighted by molar-refractivity contribution is 5.87. The highest BCUT2D eigenvalue weighted by Gasteiger charge is 2.02. The van der Waals surface area contributed by atoms with E-state index in [1.165, 1.54) is 13.8 Å². The second kappa shape index (κ2) is 3.93. The molecule has 0 aromatic carbocycles. The number of allylic oxidation sites excluding steroid dienone is 1. The maximum absolute atomic E-state index is 10.7. The van der Waals surface area contributed by atoms with Gasteiger partial charge in [-0.25, -0.2) is 4.79 Å². The standard InChI is InChI=1S/C7H12O3/c1-4-10-7(9)5(2)6(3)8/h8H,4H2,1-3H3/p-1/b6-5-. The fraction of sp³-hybridized carbons (Fsp3) is 0.571. The Labute approximate surface area is 60.3 Å². The number of esters is 1. The second-order valence-corrected chi connectivity index (χ2v) is 1.90. The molecule has 3 heteroatoms. The van der Waals surface area contributed by atoms with Crippen LogP contribution in [0, 0.1) is 0 Å². The van der Waals surface area contributed by atoms with Crippen molar-refractivity contribution in [3.8, 4) is 0 Å². The molecular formula is C7H11O3-. The first-order chi connectivity index (χ1) is 4.59. The Kier molecular flexibility index (Phi) is 3.54. The summed E-state index contributed by atoms with van der Waals surface area (Å²) in [6.07, 6.45) is 0. The molecule has 0 aromatic heterocycles. The van der Waals surface area contributed by atoms with Crippen molar-refractivity contribution in [1.82, 2.24) is 0 Å². The lowest BCUT2D eigenvalue weighted by Gasteiger charge is -2.09. The third-order valence-corrected chi connectivity index (χ3v) is 1.11. The van der Waals surface area contributed by atoms with E-state index in [9.17, 15) is 9.90 Å². The minimum atomic E-state index is -0.519. The zero-order valence-electron chi connectivity index (χ0n) is 6.43. The monoisotopic (exact) mass is 143 g/mol. The summed E-state index contributed by atoms with van der Waals surface area (Å²) in [6.45, 7) is 4.81. The zero-order valence-corrected chi connectivity index (χ0v) is 6.43. The maximum Gasteiger partial charge on any atom is 0.332 e. The Bertz CT molecular complexity index is 154. The first-order valence-corrected chi connectivity index (χ1v) is 3.11. The molecule has 0 fully saturated rings. The summed E-state index contributed by atoms with van der Waals surface area (Å²) in [7, 11) is 0. The molecule has 0 aliphatic heterocycles. The molecule has 0 amide bonds. The van der Waals surface area contributed by atoms with Gasteiger partial charge in [0, 0.05) is 5.57 Å². The number of hydrogen-bond donors (Lipinski definition) is 0. The van der Waals surface area contributed by atoms with E-state index < -0.39 is 5.97 Å². The number of hydrogen-bond acceptors (Lipinski definition) is 3. The van der Waals surface area contributed by atoms with Crippen molar-refractivity contribution in [1.29, 1.82) is 0 Å². The summed E-state index contributed by atoms with van der Waals surface area (Å²) < 4.78 is 4.57. The Balaban J connectivity index is 4.09. The molecule has 10 heavy (non-hydrogen) atoms. The number of ether oxygens (including phenoxy) is 1. The zero-order chi connectivity index (χ0) is 8.15. The molecule has 0 aromatic rings. The van der Waals surface area contributed by atoms with E-state index in [0.717, 1.165) is 0 Å². The van der Waals surface area contributed by atoms with Crippen molar-refractivity contribution in [2.45, 2.75) is 20.8 Å². The van der Waals surface area contributed by atoms with Crippen molar-refractivity contribution in [3.05, 3.63) is 11.3 Å². The van der Waals surface area contributed by atoms with Crippen LogP contribution in [0.3, 0.4) is 0 Å². The molecule has 0 aliphatic rings. The average Bonchev–Trinajstić information content (AvgIpc) is 1.87. The maximum atomic E-state index is 10.7. The van der Waals surface area contributed by atoms with Gasteiger partial charge >= 0.3 is 5.97 Å². The highest BCUT2D eigenvalue weighted by atomic mass is 16.5. The summed E-state index contributed by atoms with van der Waals surface area (Å²) in [4.78, 5) is 10.7. The van der Waals surface area contributed by atoms with Gasteiger partial charge in [-0.3, -0.25) is 0 Å². The summed E-state index contributed by atoms with van der Waals surface area (Å²) >= 11 is 0. The molecule has 0 bridgehead atoms. The summed E-state index contributed by atoms with van der Waals surface area (Å²) in [6, 6.07) is 0. The van der Waals surface area contributed by atoms with E-state index >= 15 is 0 Å². The molecule has 0 aliphatic carbocycles. The molecule has 0 heterocycles. The number of rotatable bonds is 2. The molecule has 0 saturated heterocycles. The predicted molar refractivity (Wildman–Crippen MR) is 35.0 cm³/mol. The van der Waals surface area contributed by atoms with E-state index in [1.54, 1.807) is 6.92 Å². The fourth-order valence-electron chi connectivity index (χ4n) is 0.383. The van der Waals surface area contributed by atoms with E-state index in [4.69, 9.17) is 0 Å². The smallest absolute Gasteiger partial charge is 0.332 e. The summed E-state index contributed by atoms with van der Waals surface area (Å²) in [5.41, 5.74) is 0.154. The van der Waals surface area contributed by atoms with Crippen LogP contribution in [0.25, 0.3) is 0 Å². The van der Waals surface area contributed by atoms with Gasteiger partial charge < -0.3 is 9.84 Å². The molecule has 0 atom stereocenters. The lowest BCUT2D eigenvalue weighted by atomic mass is 10.3. The minimum Gasteiger partial charge on any atom is -0.875 e. The third kappa shape index (κ3) is 2.53. The van der Waals surface area contributed by atoms with Crippen LogP contribution >= 0.6 is 0 Å². The van der Waals surface area contributed by atoms with E-state index in [0.29, 0.717) is 6.61 Å². The van der Waals surface area contributed by atoms with Crippen LogP contribution in [-0.2, 0) is 9.53 Å². The van der Waals surface area contributed by atoms with E-state index in [1.807, 2.05) is 0 Å². The van der Waals surface area contributed by atoms with Gasteiger partial charge in [-0.1, -0.05) is 6.92 Å². The fourth-order valence-corrected chi connectivity index (χ4v) is 0.383. The SMILES string of the molecule is CCOC(=O)/C(C)=C(/C)[O-]. The Morgan fingerprint density at radius 1 is 1.50 bits per heavy atom. The molecule has 58 valence electrons. The lowest BCUT2D eigenvalue weighted by molar-refractivity contribution is -0.303. The number of carbonyl (C=O) groups is 1. The van der Waals surface area contributed by atoms with Gasteiger partial charge in [0.1, 0.15) is 0 Å². The minimum absolute atomic E-state index is 0.154. The molecule has 3 nitrogen and oxygen atoms in total. The van der Waals surface area contributed by atoms with Gasteiger partial charge in [-0.2, -0.15) is 0 Å². The van der Waals surface area contributed by atoms with Crippen molar-refractivity contribution in [2.24, 2.45) is 0 Å². The quantitative estimate of drug-likeness (QED) is 0.315. The average molecular weight is 143 g/mol. The lowest BCUT2D eigenvalue weighted by Crippen LogP contribution is -2.12. The molecule has 0 radical (unpaired) electrons. The second-order valence-electron chi connectivity index (χ2n) is 1.90. The van der Waals surface area contributed by atoms with Crippen molar-refractivity contribution >= 4 is 5.97 Å². The van der Waals surface area contributed by atoms with Crippen LogP contribution < -0.4 is 5.11 Å². The van der Waals surface area contributed by atoms with Gasteiger partial charge in [0.2, 0.25) is 0 Å². The first kappa shape index (κ1) is 9.01. The van der Waals surface area contributed by atoms with E-state index in [2.05, 4.69) is 4.74 Å². The number of carbonyl (C=O) groups excluding carboxylic acids is 1.